The minimum atomic E-state index is -0.00907. The van der Waals surface area contributed by atoms with Gasteiger partial charge in [-0.05, 0) is 60.0 Å². The van der Waals surface area contributed by atoms with Gasteiger partial charge in [-0.1, -0.05) is 0 Å². The number of nitrogens with zero attached hydrogens (tertiary/aromatic N) is 1. The second-order valence-electron chi connectivity index (χ2n) is 6.91. The van der Waals surface area contributed by atoms with E-state index in [1.165, 1.54) is 32.4 Å². The third-order valence-electron chi connectivity index (χ3n) is 3.72. The van der Waals surface area contributed by atoms with Crippen molar-refractivity contribution in [1.29, 1.82) is 0 Å². The van der Waals surface area contributed by atoms with Crippen LogP contribution < -0.4 is 5.32 Å². The lowest BCUT2D eigenvalue weighted by Gasteiger charge is -2.47. The van der Waals surface area contributed by atoms with E-state index in [1.807, 2.05) is 0 Å². The number of hydrogen-bond acceptors (Lipinski definition) is 3. The predicted octanol–water partition coefficient (Wildman–Crippen LogP) is 2.02. The molecule has 17 heavy (non-hydrogen) atoms. The van der Waals surface area contributed by atoms with Crippen molar-refractivity contribution in [2.24, 2.45) is 0 Å². The Bertz CT molecular complexity index is 241. The monoisotopic (exact) mass is 240 g/mol. The summed E-state index contributed by atoms with van der Waals surface area (Å²) in [7, 11) is 0. The van der Waals surface area contributed by atoms with Crippen LogP contribution in [0.25, 0.3) is 0 Å². The van der Waals surface area contributed by atoms with E-state index in [4.69, 9.17) is 4.74 Å². The summed E-state index contributed by atoms with van der Waals surface area (Å²) in [6, 6.07) is 0.754. The van der Waals surface area contributed by atoms with Gasteiger partial charge in [0.1, 0.15) is 0 Å². The Hall–Kier alpha value is -0.120. The van der Waals surface area contributed by atoms with E-state index in [-0.39, 0.29) is 11.2 Å². The highest BCUT2D eigenvalue weighted by Crippen LogP contribution is 2.28. The molecule has 0 aliphatic carbocycles. The van der Waals surface area contributed by atoms with Crippen molar-refractivity contribution < 1.29 is 4.74 Å². The molecule has 2 aliphatic rings. The molecule has 100 valence electrons. The van der Waals surface area contributed by atoms with E-state index >= 15 is 0 Å². The molecular weight excluding hydrogens is 212 g/mol. The average molecular weight is 240 g/mol. The van der Waals surface area contributed by atoms with E-state index in [1.54, 1.807) is 0 Å². The number of ether oxygens (including phenoxy) is 1. The topological polar surface area (TPSA) is 24.5 Å². The fourth-order valence-corrected chi connectivity index (χ4v) is 3.45. The summed E-state index contributed by atoms with van der Waals surface area (Å²) in [6.45, 7) is 13.3. The maximum atomic E-state index is 6.11. The minimum absolute atomic E-state index is 0.00907. The Morgan fingerprint density at radius 3 is 2.35 bits per heavy atom. The highest BCUT2D eigenvalue weighted by Gasteiger charge is 2.37. The fraction of sp³-hybridized carbons (Fsp3) is 1.00. The lowest BCUT2D eigenvalue weighted by molar-refractivity contribution is -0.180. The molecule has 1 atom stereocenters. The standard InChI is InChI=1S/C14H28N2O/c1-13(2)10-16(11-14(3,4)17-13)9-7-12-6-5-8-15-12/h12,15H,5-11H2,1-4H3. The SMILES string of the molecule is CC1(C)CN(CCC2CCCN2)CC(C)(C)O1. The molecule has 1 N–H and O–H groups in total. The van der Waals surface area contributed by atoms with Gasteiger partial charge in [0.25, 0.3) is 0 Å². The van der Waals surface area contributed by atoms with Gasteiger partial charge in [-0.3, -0.25) is 4.90 Å². The van der Waals surface area contributed by atoms with Crippen molar-refractivity contribution in [3.8, 4) is 0 Å². The lowest BCUT2D eigenvalue weighted by atomic mass is 9.98. The van der Waals surface area contributed by atoms with Crippen LogP contribution >= 0.6 is 0 Å². The zero-order valence-corrected chi connectivity index (χ0v) is 11.9. The van der Waals surface area contributed by atoms with E-state index in [0.29, 0.717) is 0 Å². The largest absolute Gasteiger partial charge is 0.367 e. The first-order valence-corrected chi connectivity index (χ1v) is 7.02. The summed E-state index contributed by atoms with van der Waals surface area (Å²) in [5.41, 5.74) is -0.0181. The van der Waals surface area contributed by atoms with Gasteiger partial charge < -0.3 is 10.1 Å². The second-order valence-corrected chi connectivity index (χ2v) is 6.91. The Balaban J connectivity index is 1.83. The van der Waals surface area contributed by atoms with Crippen LogP contribution in [0, 0.1) is 0 Å². The Morgan fingerprint density at radius 2 is 1.82 bits per heavy atom. The number of nitrogens with one attached hydrogen (secondary N) is 1. The van der Waals surface area contributed by atoms with Crippen molar-refractivity contribution in [3.63, 3.8) is 0 Å². The first-order chi connectivity index (χ1) is 7.86. The molecule has 3 nitrogen and oxygen atoms in total. The Morgan fingerprint density at radius 1 is 1.18 bits per heavy atom. The highest BCUT2D eigenvalue weighted by atomic mass is 16.5. The van der Waals surface area contributed by atoms with E-state index in [9.17, 15) is 0 Å². The number of hydrogen-bond donors (Lipinski definition) is 1. The van der Waals surface area contributed by atoms with Crippen molar-refractivity contribution in [3.05, 3.63) is 0 Å². The second kappa shape index (κ2) is 4.87. The molecule has 0 aromatic carbocycles. The van der Waals surface area contributed by atoms with Gasteiger partial charge in [-0.15, -0.1) is 0 Å². The highest BCUT2D eigenvalue weighted by molar-refractivity contribution is 4.89. The van der Waals surface area contributed by atoms with Crippen molar-refractivity contribution >= 4 is 0 Å². The van der Waals surface area contributed by atoms with Crippen molar-refractivity contribution in [2.45, 2.75) is 64.2 Å². The van der Waals surface area contributed by atoms with Gasteiger partial charge >= 0.3 is 0 Å². The smallest absolute Gasteiger partial charge is 0.0760 e. The quantitative estimate of drug-likeness (QED) is 0.817. The van der Waals surface area contributed by atoms with Crippen LogP contribution in [0.15, 0.2) is 0 Å². The normalized spacial score (nSPS) is 32.8. The predicted molar refractivity (Wildman–Crippen MR) is 71.3 cm³/mol. The molecular formula is C14H28N2O. The van der Waals surface area contributed by atoms with Gasteiger partial charge in [-0.2, -0.15) is 0 Å². The molecule has 3 heteroatoms. The Labute approximate surface area is 106 Å². The van der Waals surface area contributed by atoms with E-state index in [0.717, 1.165) is 19.1 Å². The molecule has 2 rings (SSSR count). The van der Waals surface area contributed by atoms with Crippen LogP contribution in [-0.2, 0) is 4.74 Å². The molecule has 2 aliphatic heterocycles. The first-order valence-electron chi connectivity index (χ1n) is 7.02. The van der Waals surface area contributed by atoms with Gasteiger partial charge in [0.15, 0.2) is 0 Å². The van der Waals surface area contributed by atoms with Crippen molar-refractivity contribution in [1.82, 2.24) is 10.2 Å². The molecule has 0 aromatic heterocycles. The third kappa shape index (κ3) is 3.94. The number of morpholine rings is 1. The molecule has 2 heterocycles. The van der Waals surface area contributed by atoms with E-state index < -0.39 is 0 Å². The summed E-state index contributed by atoms with van der Waals surface area (Å²) >= 11 is 0. The van der Waals surface area contributed by atoms with Crippen LogP contribution in [0.3, 0.4) is 0 Å². The molecule has 2 saturated heterocycles. The van der Waals surface area contributed by atoms with Crippen molar-refractivity contribution in [2.75, 3.05) is 26.2 Å². The maximum Gasteiger partial charge on any atom is 0.0760 e. The summed E-state index contributed by atoms with van der Waals surface area (Å²) in [4.78, 5) is 2.57. The van der Waals surface area contributed by atoms with Crippen LogP contribution in [0.5, 0.6) is 0 Å². The minimum Gasteiger partial charge on any atom is -0.367 e. The van der Waals surface area contributed by atoms with Crippen LogP contribution in [-0.4, -0.2) is 48.3 Å². The Kier molecular flexibility index (Phi) is 3.81. The molecule has 1 unspecified atom stereocenters. The zero-order chi connectivity index (χ0) is 12.5. The third-order valence-corrected chi connectivity index (χ3v) is 3.72. The van der Waals surface area contributed by atoms with Crippen LogP contribution in [0.1, 0.15) is 47.0 Å². The molecule has 0 aromatic rings. The maximum absolute atomic E-state index is 6.11. The van der Waals surface area contributed by atoms with Gasteiger partial charge in [0, 0.05) is 19.1 Å². The van der Waals surface area contributed by atoms with Crippen LogP contribution in [0.2, 0.25) is 0 Å². The zero-order valence-electron chi connectivity index (χ0n) is 11.9. The van der Waals surface area contributed by atoms with Gasteiger partial charge in [0.2, 0.25) is 0 Å². The van der Waals surface area contributed by atoms with E-state index in [2.05, 4.69) is 37.9 Å². The number of rotatable bonds is 3. The average Bonchev–Trinajstić information content (AvgIpc) is 2.61. The lowest BCUT2D eigenvalue weighted by Crippen LogP contribution is -2.57. The summed E-state index contributed by atoms with van der Waals surface area (Å²) in [6.07, 6.45) is 3.99. The molecule has 0 bridgehead atoms. The first kappa shape index (κ1) is 13.3. The molecule has 0 spiro atoms. The van der Waals surface area contributed by atoms with Crippen LogP contribution in [0.4, 0.5) is 0 Å². The van der Waals surface area contributed by atoms with Gasteiger partial charge in [0.05, 0.1) is 11.2 Å². The molecule has 0 radical (unpaired) electrons. The molecule has 0 saturated carbocycles. The summed E-state index contributed by atoms with van der Waals surface area (Å²) in [5, 5.41) is 3.58. The summed E-state index contributed by atoms with van der Waals surface area (Å²) < 4.78 is 6.11. The molecule has 0 amide bonds. The molecule has 2 fully saturated rings. The van der Waals surface area contributed by atoms with Gasteiger partial charge in [-0.25, -0.2) is 0 Å². The fourth-order valence-electron chi connectivity index (χ4n) is 3.45. The summed E-state index contributed by atoms with van der Waals surface area (Å²) in [5.74, 6) is 0.